The number of aliphatic hydroxyl groups is 1. The van der Waals surface area contributed by atoms with Crippen molar-refractivity contribution in [3.8, 4) is 0 Å². The van der Waals surface area contributed by atoms with Gasteiger partial charge in [0.25, 0.3) is 0 Å². The Morgan fingerprint density at radius 2 is 2.42 bits per heavy atom. The van der Waals surface area contributed by atoms with Crippen LogP contribution in [-0.2, 0) is 0 Å². The van der Waals surface area contributed by atoms with E-state index in [4.69, 9.17) is 5.11 Å². The average molecular weight is 248 g/mol. The molecule has 1 atom stereocenters. The van der Waals surface area contributed by atoms with Crippen molar-refractivity contribution in [3.63, 3.8) is 0 Å². The van der Waals surface area contributed by atoms with Crippen LogP contribution in [0.4, 0.5) is 0 Å². The first-order valence-electron chi connectivity index (χ1n) is 3.61. The zero-order valence-corrected chi connectivity index (χ0v) is 9.10. The molecule has 2 nitrogen and oxygen atoms in total. The minimum Gasteiger partial charge on any atom is -0.393 e. The molecule has 0 amide bonds. The number of aliphatic hydroxyl groups excluding tert-OH is 1. The van der Waals surface area contributed by atoms with Crippen LogP contribution < -0.4 is 0 Å². The van der Waals surface area contributed by atoms with Crippen molar-refractivity contribution in [2.75, 3.05) is 5.75 Å². The molecule has 0 spiro atoms. The van der Waals surface area contributed by atoms with E-state index in [1.807, 2.05) is 12.1 Å². The second-order valence-electron chi connectivity index (χ2n) is 2.47. The lowest BCUT2D eigenvalue weighted by Crippen LogP contribution is -2.02. The number of hydrogen-bond donors (Lipinski definition) is 1. The van der Waals surface area contributed by atoms with Gasteiger partial charge in [0.2, 0.25) is 0 Å². The van der Waals surface area contributed by atoms with Gasteiger partial charge in [0, 0.05) is 16.4 Å². The summed E-state index contributed by atoms with van der Waals surface area (Å²) < 4.78 is 0.976. The lowest BCUT2D eigenvalue weighted by atomic mass is 10.5. The molecule has 1 aromatic rings. The minimum atomic E-state index is -0.277. The van der Waals surface area contributed by atoms with Crippen molar-refractivity contribution in [2.45, 2.75) is 18.1 Å². The quantitative estimate of drug-likeness (QED) is 0.833. The molecule has 0 aliphatic rings. The first-order valence-corrected chi connectivity index (χ1v) is 5.39. The highest BCUT2D eigenvalue weighted by Gasteiger charge is 1.98. The van der Waals surface area contributed by atoms with Crippen LogP contribution in [0.5, 0.6) is 0 Å². The maximum absolute atomic E-state index is 9.01. The molecular weight excluding hydrogens is 238 g/mol. The monoisotopic (exact) mass is 247 g/mol. The second-order valence-corrected chi connectivity index (χ2v) is 4.43. The molecule has 0 aliphatic carbocycles. The zero-order chi connectivity index (χ0) is 8.97. The Bertz CT molecular complexity index is 237. The van der Waals surface area contributed by atoms with Crippen LogP contribution in [0.15, 0.2) is 27.8 Å². The minimum absolute atomic E-state index is 0.277. The number of nitrogens with zero attached hydrogens (tertiary/aromatic N) is 1. The molecule has 1 rings (SSSR count). The normalized spacial score (nSPS) is 12.9. The Morgan fingerprint density at radius 1 is 1.67 bits per heavy atom. The van der Waals surface area contributed by atoms with Gasteiger partial charge in [-0.3, -0.25) is 0 Å². The number of hydrogen-bond acceptors (Lipinski definition) is 3. The van der Waals surface area contributed by atoms with Gasteiger partial charge in [-0.15, -0.1) is 11.8 Å². The van der Waals surface area contributed by atoms with Crippen LogP contribution >= 0.6 is 27.7 Å². The fourth-order valence-corrected chi connectivity index (χ4v) is 1.59. The third-order valence-corrected chi connectivity index (χ3v) is 2.83. The first-order chi connectivity index (χ1) is 5.68. The Hall–Kier alpha value is -0.0600. The smallest absolute Gasteiger partial charge is 0.0961 e. The van der Waals surface area contributed by atoms with E-state index in [-0.39, 0.29) is 6.10 Å². The number of pyridine rings is 1. The molecule has 0 fully saturated rings. The SMILES string of the molecule is C[C@H](O)CSc1ccc(Br)cn1. The lowest BCUT2D eigenvalue weighted by Gasteiger charge is -2.02. The van der Waals surface area contributed by atoms with Gasteiger partial charge in [-0.05, 0) is 35.0 Å². The maximum Gasteiger partial charge on any atom is 0.0961 e. The molecular formula is C8H10BrNOS. The highest BCUT2D eigenvalue weighted by atomic mass is 79.9. The molecule has 12 heavy (non-hydrogen) atoms. The molecule has 1 N–H and O–H groups in total. The summed E-state index contributed by atoms with van der Waals surface area (Å²) >= 11 is 4.86. The zero-order valence-electron chi connectivity index (χ0n) is 6.70. The van der Waals surface area contributed by atoms with Gasteiger partial charge >= 0.3 is 0 Å². The van der Waals surface area contributed by atoms with Gasteiger partial charge < -0.3 is 5.11 Å². The van der Waals surface area contributed by atoms with Gasteiger partial charge in [-0.25, -0.2) is 4.98 Å². The fraction of sp³-hybridized carbons (Fsp3) is 0.375. The van der Waals surface area contributed by atoms with Crippen LogP contribution in [0.25, 0.3) is 0 Å². The average Bonchev–Trinajstić information content (AvgIpc) is 2.03. The maximum atomic E-state index is 9.01. The fourth-order valence-electron chi connectivity index (χ4n) is 0.654. The van der Waals surface area contributed by atoms with Crippen molar-refractivity contribution in [3.05, 3.63) is 22.8 Å². The molecule has 4 heteroatoms. The summed E-state index contributed by atoms with van der Waals surface area (Å²) in [6.07, 6.45) is 1.48. The van der Waals surface area contributed by atoms with Crippen LogP contribution in [0.1, 0.15) is 6.92 Å². The van der Waals surface area contributed by atoms with Crippen molar-refractivity contribution in [1.82, 2.24) is 4.98 Å². The Morgan fingerprint density at radius 3 is 2.92 bits per heavy atom. The van der Waals surface area contributed by atoms with Crippen LogP contribution in [0.2, 0.25) is 0 Å². The summed E-state index contributed by atoms with van der Waals surface area (Å²) in [5.41, 5.74) is 0. The number of rotatable bonds is 3. The summed E-state index contributed by atoms with van der Waals surface area (Å²) in [4.78, 5) is 4.16. The molecule has 66 valence electrons. The van der Waals surface area contributed by atoms with Crippen LogP contribution in [-0.4, -0.2) is 21.9 Å². The number of aromatic nitrogens is 1. The molecule has 1 heterocycles. The predicted molar refractivity (Wildman–Crippen MR) is 54.3 cm³/mol. The molecule has 0 radical (unpaired) electrons. The van der Waals surface area contributed by atoms with Crippen LogP contribution in [0, 0.1) is 0 Å². The third-order valence-electron chi connectivity index (χ3n) is 1.17. The molecule has 0 saturated heterocycles. The number of halogens is 1. The van der Waals surface area contributed by atoms with E-state index >= 15 is 0 Å². The first kappa shape index (κ1) is 10.0. The molecule has 0 aliphatic heterocycles. The van der Waals surface area contributed by atoms with Crippen molar-refractivity contribution in [1.29, 1.82) is 0 Å². The highest BCUT2D eigenvalue weighted by Crippen LogP contribution is 2.17. The predicted octanol–water partition coefficient (Wildman–Crippen LogP) is 2.32. The summed E-state index contributed by atoms with van der Waals surface area (Å²) in [6.45, 7) is 1.77. The van der Waals surface area contributed by atoms with E-state index in [0.717, 1.165) is 9.50 Å². The van der Waals surface area contributed by atoms with Gasteiger partial charge in [0.1, 0.15) is 0 Å². The van der Waals surface area contributed by atoms with Crippen LogP contribution in [0.3, 0.4) is 0 Å². The van der Waals surface area contributed by atoms with Gasteiger partial charge in [-0.2, -0.15) is 0 Å². The highest BCUT2D eigenvalue weighted by molar-refractivity contribution is 9.10. The van der Waals surface area contributed by atoms with E-state index < -0.39 is 0 Å². The molecule has 1 aromatic heterocycles. The summed E-state index contributed by atoms with van der Waals surface area (Å²) in [5, 5.41) is 9.95. The van der Waals surface area contributed by atoms with E-state index in [1.54, 1.807) is 24.9 Å². The van der Waals surface area contributed by atoms with Gasteiger partial charge in [0.15, 0.2) is 0 Å². The Labute approximate surface area is 84.5 Å². The Kier molecular flexibility index (Phi) is 4.05. The molecule has 0 saturated carbocycles. The lowest BCUT2D eigenvalue weighted by molar-refractivity contribution is 0.220. The van der Waals surface area contributed by atoms with Gasteiger partial charge in [0.05, 0.1) is 11.1 Å². The van der Waals surface area contributed by atoms with Crippen molar-refractivity contribution >= 4 is 27.7 Å². The van der Waals surface area contributed by atoms with Crippen molar-refractivity contribution < 1.29 is 5.11 Å². The molecule has 0 bridgehead atoms. The van der Waals surface area contributed by atoms with E-state index in [0.29, 0.717) is 5.75 Å². The Balaban J connectivity index is 2.48. The van der Waals surface area contributed by atoms with Crippen molar-refractivity contribution in [2.24, 2.45) is 0 Å². The third kappa shape index (κ3) is 3.56. The molecule has 0 aromatic carbocycles. The van der Waals surface area contributed by atoms with E-state index in [2.05, 4.69) is 20.9 Å². The standard InChI is InChI=1S/C8H10BrNOS/c1-6(11)5-12-8-3-2-7(9)4-10-8/h2-4,6,11H,5H2,1H3/t6-/m0/s1. The summed E-state index contributed by atoms with van der Waals surface area (Å²) in [6, 6.07) is 3.87. The molecule has 0 unspecified atom stereocenters. The largest absolute Gasteiger partial charge is 0.393 e. The summed E-state index contributed by atoms with van der Waals surface area (Å²) in [5.74, 6) is 0.689. The van der Waals surface area contributed by atoms with Gasteiger partial charge in [-0.1, -0.05) is 0 Å². The topological polar surface area (TPSA) is 33.1 Å². The second kappa shape index (κ2) is 4.84. The summed E-state index contributed by atoms with van der Waals surface area (Å²) in [7, 11) is 0. The van der Waals surface area contributed by atoms with E-state index in [9.17, 15) is 0 Å². The van der Waals surface area contributed by atoms with E-state index in [1.165, 1.54) is 0 Å². The number of thioether (sulfide) groups is 1.